The van der Waals surface area contributed by atoms with Gasteiger partial charge in [-0.25, -0.2) is 8.42 Å². The van der Waals surface area contributed by atoms with Gasteiger partial charge in [-0.05, 0) is 35.7 Å². The molecule has 2 aromatic rings. The second-order valence-corrected chi connectivity index (χ2v) is 9.46. The molecule has 0 saturated carbocycles. The van der Waals surface area contributed by atoms with Gasteiger partial charge in [0.25, 0.3) is 0 Å². The van der Waals surface area contributed by atoms with Gasteiger partial charge in [0.15, 0.2) is 0 Å². The summed E-state index contributed by atoms with van der Waals surface area (Å²) in [5.74, 6) is -0.525. The van der Waals surface area contributed by atoms with E-state index in [1.807, 2.05) is 0 Å². The van der Waals surface area contributed by atoms with Crippen LogP contribution in [0, 0.1) is 12.8 Å². The molecule has 3 heterocycles. The van der Waals surface area contributed by atoms with Crippen molar-refractivity contribution in [3.63, 3.8) is 0 Å². The summed E-state index contributed by atoms with van der Waals surface area (Å²) in [6.07, 6.45) is 4.35. The maximum Gasteiger partial charge on any atom is 0.246 e. The molecule has 11 heteroatoms. The number of sulfonamides is 1. The quantitative estimate of drug-likeness (QED) is 0.717. The number of nitrogens with zero attached hydrogens (tertiary/aromatic N) is 5. The number of rotatable bonds is 5. The number of carbonyl (C=O) groups excluding carboxylic acids is 1. The van der Waals surface area contributed by atoms with Crippen LogP contribution in [0.5, 0.6) is 0 Å². The number of piperidine rings is 1. The Balaban J connectivity index is 1.68. The average molecular weight is 459 g/mol. The summed E-state index contributed by atoms with van der Waals surface area (Å²) in [4.78, 5) is 12.8. The van der Waals surface area contributed by atoms with Crippen LogP contribution < -0.4 is 5.32 Å². The van der Waals surface area contributed by atoms with Crippen LogP contribution in [-0.4, -0.2) is 51.3 Å². The van der Waals surface area contributed by atoms with Gasteiger partial charge < -0.3 is 5.32 Å². The van der Waals surface area contributed by atoms with E-state index in [-0.39, 0.29) is 23.3 Å². The van der Waals surface area contributed by atoms with E-state index in [9.17, 15) is 13.2 Å². The first-order chi connectivity index (χ1) is 12.7. The van der Waals surface area contributed by atoms with Gasteiger partial charge in [-0.3, -0.25) is 14.2 Å². The Kier molecular flexibility index (Phi) is 5.73. The Bertz CT molecular complexity index is 932. The van der Waals surface area contributed by atoms with E-state index in [0.717, 1.165) is 10.2 Å². The number of aryl methyl sites for hydroxylation is 2. The summed E-state index contributed by atoms with van der Waals surface area (Å²) in [7, 11) is -0.153. The molecule has 27 heavy (non-hydrogen) atoms. The largest absolute Gasteiger partial charge is 0.350 e. The Morgan fingerprint density at radius 3 is 2.59 bits per heavy atom. The van der Waals surface area contributed by atoms with Crippen LogP contribution in [0.2, 0.25) is 0 Å². The van der Waals surface area contributed by atoms with Crippen LogP contribution in [0.1, 0.15) is 24.2 Å². The molecule has 2 aromatic heterocycles. The molecule has 1 saturated heterocycles. The lowest BCUT2D eigenvalue weighted by molar-refractivity contribution is -0.126. The molecule has 1 aliphatic rings. The third-order valence-corrected chi connectivity index (χ3v) is 7.63. The van der Waals surface area contributed by atoms with Crippen LogP contribution in [0.3, 0.4) is 0 Å². The molecule has 0 spiro atoms. The van der Waals surface area contributed by atoms with Crippen molar-refractivity contribution in [2.75, 3.05) is 13.1 Å². The number of amides is 1. The number of hydrogen-bond acceptors (Lipinski definition) is 5. The normalized spacial score (nSPS) is 18.6. The van der Waals surface area contributed by atoms with E-state index >= 15 is 0 Å². The number of hydrogen-bond donors (Lipinski definition) is 1. The standard InChI is InChI=1S/C16H23BrN6O3S/c1-11-15(9-20-21(11)2)27(25,26)23-6-4-5-12(10-23)16(24)18-8-14-13(17)7-19-22(14)3/h7,9,12H,4-6,8,10H2,1-3H3,(H,18,24). The summed E-state index contributed by atoms with van der Waals surface area (Å²) < 4.78 is 31.3. The summed E-state index contributed by atoms with van der Waals surface area (Å²) in [5, 5.41) is 11.0. The highest BCUT2D eigenvalue weighted by molar-refractivity contribution is 9.10. The minimum Gasteiger partial charge on any atom is -0.350 e. The Labute approximate surface area is 166 Å². The van der Waals surface area contributed by atoms with Gasteiger partial charge in [0.2, 0.25) is 15.9 Å². The monoisotopic (exact) mass is 458 g/mol. The van der Waals surface area contributed by atoms with E-state index in [2.05, 4.69) is 31.4 Å². The minimum atomic E-state index is -3.66. The van der Waals surface area contributed by atoms with E-state index in [1.165, 1.54) is 15.2 Å². The van der Waals surface area contributed by atoms with E-state index < -0.39 is 10.0 Å². The highest BCUT2D eigenvalue weighted by Gasteiger charge is 2.35. The minimum absolute atomic E-state index is 0.147. The third-order valence-electron chi connectivity index (χ3n) is 5.00. The van der Waals surface area contributed by atoms with E-state index in [4.69, 9.17) is 0 Å². The zero-order valence-electron chi connectivity index (χ0n) is 15.5. The van der Waals surface area contributed by atoms with Crippen molar-refractivity contribution in [2.24, 2.45) is 20.0 Å². The van der Waals surface area contributed by atoms with Gasteiger partial charge in [-0.1, -0.05) is 0 Å². The zero-order chi connectivity index (χ0) is 19.8. The second kappa shape index (κ2) is 7.72. The molecule has 0 radical (unpaired) electrons. The van der Waals surface area contributed by atoms with Crippen LogP contribution in [0.25, 0.3) is 0 Å². The van der Waals surface area contributed by atoms with Gasteiger partial charge in [-0.15, -0.1) is 0 Å². The summed E-state index contributed by atoms with van der Waals surface area (Å²) >= 11 is 3.40. The molecular formula is C16H23BrN6O3S. The van der Waals surface area contributed by atoms with Crippen LogP contribution >= 0.6 is 15.9 Å². The molecule has 3 rings (SSSR count). The van der Waals surface area contributed by atoms with Crippen molar-refractivity contribution >= 4 is 31.9 Å². The summed E-state index contributed by atoms with van der Waals surface area (Å²) in [6, 6.07) is 0. The topological polar surface area (TPSA) is 102 Å². The van der Waals surface area contributed by atoms with Crippen molar-refractivity contribution in [1.29, 1.82) is 0 Å². The van der Waals surface area contributed by atoms with E-state index in [0.29, 0.717) is 31.6 Å². The van der Waals surface area contributed by atoms with Gasteiger partial charge in [-0.2, -0.15) is 14.5 Å². The maximum atomic E-state index is 12.9. The molecule has 1 unspecified atom stereocenters. The fraction of sp³-hybridized carbons (Fsp3) is 0.562. The van der Waals surface area contributed by atoms with Crippen LogP contribution in [0.4, 0.5) is 0 Å². The molecule has 1 N–H and O–H groups in total. The van der Waals surface area contributed by atoms with Crippen molar-refractivity contribution in [3.8, 4) is 0 Å². The molecule has 0 bridgehead atoms. The maximum absolute atomic E-state index is 12.9. The van der Waals surface area contributed by atoms with Crippen molar-refractivity contribution in [2.45, 2.75) is 31.2 Å². The Hall–Kier alpha value is -1.72. The molecule has 0 aliphatic carbocycles. The lowest BCUT2D eigenvalue weighted by Gasteiger charge is -2.31. The van der Waals surface area contributed by atoms with Crippen molar-refractivity contribution in [3.05, 3.63) is 28.3 Å². The van der Waals surface area contributed by atoms with Crippen LogP contribution in [0.15, 0.2) is 21.8 Å². The van der Waals surface area contributed by atoms with E-state index in [1.54, 1.807) is 31.9 Å². The smallest absolute Gasteiger partial charge is 0.246 e. The summed E-state index contributed by atoms with van der Waals surface area (Å²) in [5.41, 5.74) is 1.44. The fourth-order valence-corrected chi connectivity index (χ4v) is 5.39. The predicted octanol–water partition coefficient (Wildman–Crippen LogP) is 0.942. The first-order valence-electron chi connectivity index (χ1n) is 8.64. The zero-order valence-corrected chi connectivity index (χ0v) is 17.9. The molecule has 148 valence electrons. The lowest BCUT2D eigenvalue weighted by Crippen LogP contribution is -2.45. The first-order valence-corrected chi connectivity index (χ1v) is 10.9. The molecular weight excluding hydrogens is 436 g/mol. The molecule has 0 aromatic carbocycles. The number of aromatic nitrogens is 4. The van der Waals surface area contributed by atoms with Crippen molar-refractivity contribution in [1.82, 2.24) is 29.2 Å². The molecule has 1 atom stereocenters. The Morgan fingerprint density at radius 1 is 1.30 bits per heavy atom. The average Bonchev–Trinajstić information content (AvgIpc) is 3.15. The summed E-state index contributed by atoms with van der Waals surface area (Å²) in [6.45, 7) is 2.64. The number of carbonyl (C=O) groups is 1. The van der Waals surface area contributed by atoms with Gasteiger partial charge in [0, 0.05) is 27.2 Å². The van der Waals surface area contributed by atoms with Gasteiger partial charge >= 0.3 is 0 Å². The third kappa shape index (κ3) is 3.94. The second-order valence-electron chi connectivity index (χ2n) is 6.70. The van der Waals surface area contributed by atoms with Crippen LogP contribution in [-0.2, 0) is 35.5 Å². The van der Waals surface area contributed by atoms with Crippen molar-refractivity contribution < 1.29 is 13.2 Å². The lowest BCUT2D eigenvalue weighted by atomic mass is 9.99. The highest BCUT2D eigenvalue weighted by atomic mass is 79.9. The van der Waals surface area contributed by atoms with Gasteiger partial charge in [0.1, 0.15) is 4.90 Å². The molecule has 1 fully saturated rings. The fourth-order valence-electron chi connectivity index (χ4n) is 3.20. The molecule has 1 aliphatic heterocycles. The number of halogens is 1. The number of nitrogens with one attached hydrogen (secondary N) is 1. The predicted molar refractivity (Wildman–Crippen MR) is 102 cm³/mol. The first kappa shape index (κ1) is 20.0. The molecule has 9 nitrogen and oxygen atoms in total. The highest BCUT2D eigenvalue weighted by Crippen LogP contribution is 2.25. The SMILES string of the molecule is Cc1c(S(=O)(=O)N2CCCC(C(=O)NCc3c(Br)cnn3C)C2)cnn1C. The Morgan fingerprint density at radius 2 is 2.00 bits per heavy atom. The van der Waals surface area contributed by atoms with Gasteiger partial charge in [0.05, 0.1) is 40.7 Å². The molecule has 1 amide bonds.